The lowest BCUT2D eigenvalue weighted by molar-refractivity contribution is -0.122. The maximum absolute atomic E-state index is 12.1. The number of carbonyl (C=O) groups excluding carboxylic acids is 2. The zero-order valence-corrected chi connectivity index (χ0v) is 13.9. The van der Waals surface area contributed by atoms with Crippen molar-refractivity contribution in [3.05, 3.63) is 47.2 Å². The van der Waals surface area contributed by atoms with E-state index in [9.17, 15) is 9.59 Å². The molecule has 1 saturated carbocycles. The van der Waals surface area contributed by atoms with E-state index in [0.29, 0.717) is 16.3 Å². The average Bonchev–Trinajstić information content (AvgIpc) is 3.20. The van der Waals surface area contributed by atoms with Crippen molar-refractivity contribution in [1.29, 1.82) is 0 Å². The van der Waals surface area contributed by atoms with Gasteiger partial charge in [-0.15, -0.1) is 0 Å². The maximum atomic E-state index is 12.1. The van der Waals surface area contributed by atoms with Crippen LogP contribution in [0.1, 0.15) is 36.0 Å². The molecular formula is C17H19ClN4O2. The Kier molecular flexibility index (Phi) is 5.15. The summed E-state index contributed by atoms with van der Waals surface area (Å²) in [6, 6.07) is 6.91. The van der Waals surface area contributed by atoms with Crippen molar-refractivity contribution in [2.45, 2.75) is 38.3 Å². The molecule has 0 spiro atoms. The first-order valence-electron chi connectivity index (χ1n) is 7.99. The van der Waals surface area contributed by atoms with Crippen LogP contribution in [0.2, 0.25) is 5.02 Å². The minimum atomic E-state index is -0.248. The van der Waals surface area contributed by atoms with E-state index in [-0.39, 0.29) is 24.4 Å². The Morgan fingerprint density at radius 2 is 1.92 bits per heavy atom. The number of nitrogens with zero attached hydrogens (tertiary/aromatic N) is 2. The molecule has 6 nitrogen and oxygen atoms in total. The number of halogens is 1. The monoisotopic (exact) mass is 346 g/mol. The third-order valence-corrected chi connectivity index (χ3v) is 4.28. The predicted octanol–water partition coefficient (Wildman–Crippen LogP) is 2.85. The smallest absolute Gasteiger partial charge is 0.255 e. The fourth-order valence-electron chi connectivity index (χ4n) is 2.81. The number of amides is 2. The van der Waals surface area contributed by atoms with Crippen molar-refractivity contribution < 1.29 is 9.59 Å². The fraction of sp³-hybridized carbons (Fsp3) is 0.353. The standard InChI is InChI=1S/C17H19ClN4O2/c18-13-7-5-12(6-8-13)17(24)21-15-9-19-22(10-15)11-16(23)20-14-3-1-2-4-14/h5-10,14H,1-4,11H2,(H,20,23)(H,21,24). The van der Waals surface area contributed by atoms with Gasteiger partial charge in [-0.05, 0) is 37.1 Å². The summed E-state index contributed by atoms with van der Waals surface area (Å²) in [6.45, 7) is 0.146. The highest BCUT2D eigenvalue weighted by atomic mass is 35.5. The average molecular weight is 347 g/mol. The van der Waals surface area contributed by atoms with Crippen LogP contribution in [0.5, 0.6) is 0 Å². The molecule has 1 aromatic carbocycles. The third-order valence-electron chi connectivity index (χ3n) is 4.02. The second kappa shape index (κ2) is 7.49. The Balaban J connectivity index is 1.54. The highest BCUT2D eigenvalue weighted by molar-refractivity contribution is 6.30. The molecule has 24 heavy (non-hydrogen) atoms. The summed E-state index contributed by atoms with van der Waals surface area (Å²) < 4.78 is 1.52. The van der Waals surface area contributed by atoms with Crippen molar-refractivity contribution in [1.82, 2.24) is 15.1 Å². The highest BCUT2D eigenvalue weighted by Gasteiger charge is 2.17. The summed E-state index contributed by atoms with van der Waals surface area (Å²) in [5.74, 6) is -0.304. The van der Waals surface area contributed by atoms with Gasteiger partial charge in [-0.2, -0.15) is 5.10 Å². The first kappa shape index (κ1) is 16.5. The molecular weight excluding hydrogens is 328 g/mol. The van der Waals surface area contributed by atoms with Crippen LogP contribution < -0.4 is 10.6 Å². The van der Waals surface area contributed by atoms with Crippen LogP contribution in [0.4, 0.5) is 5.69 Å². The number of nitrogens with one attached hydrogen (secondary N) is 2. The Labute approximate surface area is 145 Å². The number of aromatic nitrogens is 2. The zero-order valence-electron chi connectivity index (χ0n) is 13.2. The van der Waals surface area contributed by atoms with Gasteiger partial charge in [-0.1, -0.05) is 24.4 Å². The van der Waals surface area contributed by atoms with Crippen LogP contribution >= 0.6 is 11.6 Å². The van der Waals surface area contributed by atoms with Crippen LogP contribution in [0.3, 0.4) is 0 Å². The van der Waals surface area contributed by atoms with Crippen molar-refractivity contribution >= 4 is 29.1 Å². The summed E-state index contributed by atoms with van der Waals surface area (Å²) in [4.78, 5) is 24.1. The topological polar surface area (TPSA) is 76.0 Å². The minimum Gasteiger partial charge on any atom is -0.352 e. The molecule has 1 fully saturated rings. The molecule has 3 rings (SSSR count). The van der Waals surface area contributed by atoms with Gasteiger partial charge in [0.1, 0.15) is 6.54 Å². The summed E-state index contributed by atoms with van der Waals surface area (Å²) in [5, 5.41) is 10.4. The lowest BCUT2D eigenvalue weighted by atomic mass is 10.2. The summed E-state index contributed by atoms with van der Waals surface area (Å²) >= 11 is 5.81. The van der Waals surface area contributed by atoms with E-state index < -0.39 is 0 Å². The number of carbonyl (C=O) groups is 2. The van der Waals surface area contributed by atoms with E-state index in [4.69, 9.17) is 11.6 Å². The second-order valence-electron chi connectivity index (χ2n) is 5.94. The molecule has 1 aliphatic rings. The predicted molar refractivity (Wildman–Crippen MR) is 92.0 cm³/mol. The molecule has 0 saturated heterocycles. The summed E-state index contributed by atoms with van der Waals surface area (Å²) in [6.07, 6.45) is 7.61. The molecule has 2 aromatic rings. The zero-order chi connectivity index (χ0) is 16.9. The second-order valence-corrected chi connectivity index (χ2v) is 6.37. The van der Waals surface area contributed by atoms with Crippen molar-refractivity contribution in [2.24, 2.45) is 0 Å². The van der Waals surface area contributed by atoms with Crippen LogP contribution in [-0.2, 0) is 11.3 Å². The van der Waals surface area contributed by atoms with Gasteiger partial charge < -0.3 is 10.6 Å². The van der Waals surface area contributed by atoms with E-state index in [2.05, 4.69) is 15.7 Å². The molecule has 2 amide bonds. The Hall–Kier alpha value is -2.34. The number of hydrogen-bond acceptors (Lipinski definition) is 3. The number of hydrogen-bond donors (Lipinski definition) is 2. The van der Waals surface area contributed by atoms with Crippen molar-refractivity contribution in [3.8, 4) is 0 Å². The summed E-state index contributed by atoms with van der Waals surface area (Å²) in [7, 11) is 0. The lowest BCUT2D eigenvalue weighted by Gasteiger charge is -2.11. The van der Waals surface area contributed by atoms with Crippen LogP contribution in [0.25, 0.3) is 0 Å². The molecule has 1 aromatic heterocycles. The number of rotatable bonds is 5. The Bertz CT molecular complexity index is 720. The largest absolute Gasteiger partial charge is 0.352 e. The normalized spacial score (nSPS) is 14.5. The van der Waals surface area contributed by atoms with Gasteiger partial charge >= 0.3 is 0 Å². The van der Waals surface area contributed by atoms with Gasteiger partial charge in [0.15, 0.2) is 0 Å². The molecule has 0 radical (unpaired) electrons. The molecule has 0 aliphatic heterocycles. The molecule has 1 heterocycles. The van der Waals surface area contributed by atoms with E-state index in [0.717, 1.165) is 12.8 Å². The highest BCUT2D eigenvalue weighted by Crippen LogP contribution is 2.17. The van der Waals surface area contributed by atoms with Crippen LogP contribution in [0, 0.1) is 0 Å². The SMILES string of the molecule is O=C(Cn1cc(NC(=O)c2ccc(Cl)cc2)cn1)NC1CCCC1. The Morgan fingerprint density at radius 1 is 1.21 bits per heavy atom. The first-order chi connectivity index (χ1) is 11.6. The van der Waals surface area contributed by atoms with E-state index in [1.165, 1.54) is 23.7 Å². The molecule has 2 N–H and O–H groups in total. The van der Waals surface area contributed by atoms with Crippen molar-refractivity contribution in [3.63, 3.8) is 0 Å². The summed E-state index contributed by atoms with van der Waals surface area (Å²) in [5.41, 5.74) is 1.05. The van der Waals surface area contributed by atoms with Gasteiger partial charge in [0.05, 0.1) is 11.9 Å². The number of anilines is 1. The van der Waals surface area contributed by atoms with Gasteiger partial charge in [-0.25, -0.2) is 0 Å². The first-order valence-corrected chi connectivity index (χ1v) is 8.37. The van der Waals surface area contributed by atoms with Gasteiger partial charge in [0.2, 0.25) is 5.91 Å². The van der Waals surface area contributed by atoms with Crippen LogP contribution in [-0.4, -0.2) is 27.6 Å². The van der Waals surface area contributed by atoms with Gasteiger partial charge in [-0.3, -0.25) is 14.3 Å². The quantitative estimate of drug-likeness (QED) is 0.874. The fourth-order valence-corrected chi connectivity index (χ4v) is 2.94. The van der Waals surface area contributed by atoms with Crippen LogP contribution in [0.15, 0.2) is 36.7 Å². The van der Waals surface area contributed by atoms with Gasteiger partial charge in [0, 0.05) is 22.8 Å². The van der Waals surface area contributed by atoms with E-state index >= 15 is 0 Å². The van der Waals surface area contributed by atoms with Gasteiger partial charge in [0.25, 0.3) is 5.91 Å². The van der Waals surface area contributed by atoms with Crippen molar-refractivity contribution in [2.75, 3.05) is 5.32 Å². The number of benzene rings is 1. The lowest BCUT2D eigenvalue weighted by Crippen LogP contribution is -2.35. The molecule has 0 bridgehead atoms. The van der Waals surface area contributed by atoms with E-state index in [1.54, 1.807) is 30.5 Å². The Morgan fingerprint density at radius 3 is 2.62 bits per heavy atom. The molecule has 7 heteroatoms. The van der Waals surface area contributed by atoms with E-state index in [1.807, 2.05) is 0 Å². The maximum Gasteiger partial charge on any atom is 0.255 e. The third kappa shape index (κ3) is 4.35. The molecule has 0 atom stereocenters. The molecule has 0 unspecified atom stereocenters. The molecule has 126 valence electrons. The molecule has 1 aliphatic carbocycles. The minimum absolute atomic E-state index is 0.0550.